The lowest BCUT2D eigenvalue weighted by molar-refractivity contribution is 0.272. The second-order valence-electron chi connectivity index (χ2n) is 4.23. The average molecular weight is 170 g/mol. The molecule has 0 nitrogen and oxygen atoms in total. The van der Waals surface area contributed by atoms with E-state index in [0.29, 0.717) is 0 Å². The quantitative estimate of drug-likeness (QED) is 0.537. The second kappa shape index (κ2) is 3.38. The lowest BCUT2D eigenvalue weighted by Crippen LogP contribution is -2.29. The predicted molar refractivity (Wildman–Crippen MR) is 52.0 cm³/mol. The van der Waals surface area contributed by atoms with Gasteiger partial charge >= 0.3 is 0 Å². The Bertz CT molecular complexity index is 133. The van der Waals surface area contributed by atoms with Crippen LogP contribution in [0.2, 0.25) is 0 Å². The van der Waals surface area contributed by atoms with E-state index >= 15 is 0 Å². The van der Waals surface area contributed by atoms with Gasteiger partial charge in [-0.3, -0.25) is 0 Å². The van der Waals surface area contributed by atoms with Crippen molar-refractivity contribution in [1.29, 1.82) is 0 Å². The summed E-state index contributed by atoms with van der Waals surface area (Å²) < 4.78 is 0. The van der Waals surface area contributed by atoms with Crippen LogP contribution in [0.5, 0.6) is 0 Å². The summed E-state index contributed by atoms with van der Waals surface area (Å²) in [6.45, 7) is 2.43. The summed E-state index contributed by atoms with van der Waals surface area (Å²) in [5.74, 6) is 3.56. The highest BCUT2D eigenvalue weighted by atomic mass is 32.2. The Labute approximate surface area is 74.1 Å². The predicted octanol–water partition coefficient (Wildman–Crippen LogP) is 3.32. The summed E-state index contributed by atoms with van der Waals surface area (Å²) >= 11 is 2.25. The van der Waals surface area contributed by atoms with Gasteiger partial charge in [-0.2, -0.15) is 11.8 Å². The van der Waals surface area contributed by atoms with Gasteiger partial charge in [0.2, 0.25) is 0 Å². The first kappa shape index (κ1) is 7.97. The van der Waals surface area contributed by atoms with Gasteiger partial charge < -0.3 is 0 Å². The largest absolute Gasteiger partial charge is 0.158 e. The summed E-state index contributed by atoms with van der Waals surface area (Å²) in [6, 6.07) is 0. The average Bonchev–Trinajstić information content (AvgIpc) is 2.04. The fourth-order valence-electron chi connectivity index (χ4n) is 2.57. The second-order valence-corrected chi connectivity index (χ2v) is 5.58. The van der Waals surface area contributed by atoms with E-state index in [1.54, 1.807) is 0 Å². The van der Waals surface area contributed by atoms with Crippen molar-refractivity contribution in [2.24, 2.45) is 11.8 Å². The van der Waals surface area contributed by atoms with E-state index in [2.05, 4.69) is 18.7 Å². The summed E-state index contributed by atoms with van der Waals surface area (Å²) in [6.07, 6.45) is 7.54. The normalized spacial score (nSPS) is 45.0. The van der Waals surface area contributed by atoms with Gasteiger partial charge in [0.15, 0.2) is 0 Å². The highest BCUT2D eigenvalue weighted by Crippen LogP contribution is 2.42. The van der Waals surface area contributed by atoms with Crippen LogP contribution in [0, 0.1) is 11.8 Å². The number of rotatable bonds is 0. The zero-order valence-electron chi connectivity index (χ0n) is 7.38. The molecule has 1 aliphatic heterocycles. The summed E-state index contributed by atoms with van der Waals surface area (Å²) in [4.78, 5) is 0. The molecular formula is C10H18S. The number of hydrogen-bond donors (Lipinski definition) is 0. The first-order chi connectivity index (χ1) is 5.36. The Kier molecular flexibility index (Phi) is 2.45. The van der Waals surface area contributed by atoms with Crippen molar-refractivity contribution in [2.45, 2.75) is 44.3 Å². The molecule has 1 aliphatic carbocycles. The molecule has 0 amide bonds. The summed E-state index contributed by atoms with van der Waals surface area (Å²) in [7, 11) is 0. The van der Waals surface area contributed by atoms with E-state index in [-0.39, 0.29) is 0 Å². The fourth-order valence-corrected chi connectivity index (χ4v) is 4.03. The molecule has 0 bridgehead atoms. The molecule has 1 saturated carbocycles. The van der Waals surface area contributed by atoms with Crippen molar-refractivity contribution in [1.82, 2.24) is 0 Å². The minimum absolute atomic E-state index is 1.02. The van der Waals surface area contributed by atoms with Gasteiger partial charge in [-0.05, 0) is 49.7 Å². The maximum Gasteiger partial charge on any atom is 0.00755 e. The molecule has 2 aliphatic rings. The molecule has 1 heterocycles. The van der Waals surface area contributed by atoms with Gasteiger partial charge in [-0.25, -0.2) is 0 Å². The van der Waals surface area contributed by atoms with Gasteiger partial charge in [-0.1, -0.05) is 6.92 Å². The van der Waals surface area contributed by atoms with E-state index in [9.17, 15) is 0 Å². The molecule has 0 radical (unpaired) electrons. The van der Waals surface area contributed by atoms with Gasteiger partial charge in [0.1, 0.15) is 0 Å². The van der Waals surface area contributed by atoms with Crippen LogP contribution in [0.25, 0.3) is 0 Å². The van der Waals surface area contributed by atoms with Gasteiger partial charge in [0.25, 0.3) is 0 Å². The molecule has 3 atom stereocenters. The SMILES string of the molecule is C[C@H]1CC[C@H]2SCCC[C@H]2C1. The highest BCUT2D eigenvalue weighted by Gasteiger charge is 2.30. The molecule has 0 aromatic rings. The molecule has 0 aromatic heterocycles. The zero-order chi connectivity index (χ0) is 7.68. The van der Waals surface area contributed by atoms with E-state index in [0.717, 1.165) is 17.1 Å². The van der Waals surface area contributed by atoms with Crippen molar-refractivity contribution in [2.75, 3.05) is 5.75 Å². The van der Waals surface area contributed by atoms with Crippen LogP contribution >= 0.6 is 11.8 Å². The van der Waals surface area contributed by atoms with Gasteiger partial charge in [-0.15, -0.1) is 0 Å². The molecule has 64 valence electrons. The summed E-state index contributed by atoms with van der Waals surface area (Å²) in [5, 5.41) is 1.06. The molecule has 0 spiro atoms. The Morgan fingerprint density at radius 3 is 3.00 bits per heavy atom. The van der Waals surface area contributed by atoms with Crippen LogP contribution in [-0.2, 0) is 0 Å². The maximum absolute atomic E-state index is 2.43. The molecule has 2 fully saturated rings. The van der Waals surface area contributed by atoms with Crippen LogP contribution in [-0.4, -0.2) is 11.0 Å². The molecule has 2 rings (SSSR count). The van der Waals surface area contributed by atoms with E-state index in [1.807, 2.05) is 0 Å². The molecule has 1 heteroatoms. The van der Waals surface area contributed by atoms with Crippen molar-refractivity contribution >= 4 is 11.8 Å². The van der Waals surface area contributed by atoms with Crippen LogP contribution < -0.4 is 0 Å². The third kappa shape index (κ3) is 1.74. The van der Waals surface area contributed by atoms with E-state index in [1.165, 1.54) is 37.9 Å². The minimum Gasteiger partial charge on any atom is -0.158 e. The topological polar surface area (TPSA) is 0 Å². The number of fused-ring (bicyclic) bond motifs is 1. The lowest BCUT2D eigenvalue weighted by Gasteiger charge is -2.37. The first-order valence-corrected chi connectivity index (χ1v) is 6.03. The smallest absolute Gasteiger partial charge is 0.00755 e. The van der Waals surface area contributed by atoms with E-state index < -0.39 is 0 Å². The van der Waals surface area contributed by atoms with Gasteiger partial charge in [0, 0.05) is 5.25 Å². The molecule has 0 aromatic carbocycles. The standard InChI is InChI=1S/C10H18S/c1-8-4-5-10-9(7-8)3-2-6-11-10/h8-10H,2-7H2,1H3/t8-,9-,10+/m0/s1. The Morgan fingerprint density at radius 1 is 1.18 bits per heavy atom. The van der Waals surface area contributed by atoms with Crippen molar-refractivity contribution in [3.8, 4) is 0 Å². The molecule has 11 heavy (non-hydrogen) atoms. The Balaban J connectivity index is 1.93. The Hall–Kier alpha value is 0.350. The summed E-state index contributed by atoms with van der Waals surface area (Å²) in [5.41, 5.74) is 0. The first-order valence-electron chi connectivity index (χ1n) is 4.98. The minimum atomic E-state index is 1.02. The Morgan fingerprint density at radius 2 is 2.09 bits per heavy atom. The van der Waals surface area contributed by atoms with E-state index in [4.69, 9.17) is 0 Å². The third-order valence-electron chi connectivity index (χ3n) is 3.23. The molecule has 0 N–H and O–H groups in total. The van der Waals surface area contributed by atoms with Crippen LogP contribution in [0.3, 0.4) is 0 Å². The van der Waals surface area contributed by atoms with Crippen LogP contribution in [0.1, 0.15) is 39.0 Å². The van der Waals surface area contributed by atoms with Crippen molar-refractivity contribution in [3.05, 3.63) is 0 Å². The lowest BCUT2D eigenvalue weighted by atomic mass is 9.80. The van der Waals surface area contributed by atoms with Crippen molar-refractivity contribution < 1.29 is 0 Å². The maximum atomic E-state index is 2.43. The van der Waals surface area contributed by atoms with Crippen molar-refractivity contribution in [3.63, 3.8) is 0 Å². The molecular weight excluding hydrogens is 152 g/mol. The third-order valence-corrected chi connectivity index (χ3v) is 4.80. The fraction of sp³-hybridized carbons (Fsp3) is 1.00. The van der Waals surface area contributed by atoms with Crippen LogP contribution in [0.4, 0.5) is 0 Å². The number of thioether (sulfide) groups is 1. The highest BCUT2D eigenvalue weighted by molar-refractivity contribution is 7.99. The van der Waals surface area contributed by atoms with Gasteiger partial charge in [0.05, 0.1) is 0 Å². The molecule has 1 saturated heterocycles. The molecule has 0 unspecified atom stereocenters. The zero-order valence-corrected chi connectivity index (χ0v) is 8.20. The number of hydrogen-bond acceptors (Lipinski definition) is 1. The monoisotopic (exact) mass is 170 g/mol. The van der Waals surface area contributed by atoms with Crippen LogP contribution in [0.15, 0.2) is 0 Å².